The van der Waals surface area contributed by atoms with Gasteiger partial charge in [0, 0.05) is 44.6 Å². The van der Waals surface area contributed by atoms with Gasteiger partial charge < -0.3 is 9.47 Å². The van der Waals surface area contributed by atoms with Gasteiger partial charge in [0.25, 0.3) is 0 Å². The van der Waals surface area contributed by atoms with E-state index in [1.54, 1.807) is 13.8 Å². The van der Waals surface area contributed by atoms with Crippen LogP contribution in [0, 0.1) is 13.8 Å². The molecule has 0 bridgehead atoms. The fraction of sp³-hybridized carbons (Fsp3) is 0.353. The van der Waals surface area contributed by atoms with E-state index in [1.807, 2.05) is 35.2 Å². The summed E-state index contributed by atoms with van der Waals surface area (Å²) >= 11 is 0. The molecule has 0 unspecified atom stereocenters. The average Bonchev–Trinajstić information content (AvgIpc) is 3.32. The number of aromatic nitrogens is 5. The third kappa shape index (κ3) is 3.21. The summed E-state index contributed by atoms with van der Waals surface area (Å²) in [7, 11) is -3.55. The van der Waals surface area contributed by atoms with Gasteiger partial charge in [-0.3, -0.25) is 5.10 Å². The molecule has 1 aliphatic heterocycles. The summed E-state index contributed by atoms with van der Waals surface area (Å²) in [6.45, 7) is 5.36. The van der Waals surface area contributed by atoms with E-state index in [0.29, 0.717) is 37.6 Å². The molecular weight excluding hydrogens is 366 g/mol. The molecule has 27 heavy (non-hydrogen) atoms. The molecule has 4 rings (SSSR count). The molecule has 3 aromatic rings. The molecule has 0 aromatic carbocycles. The first kappa shape index (κ1) is 17.7. The van der Waals surface area contributed by atoms with Crippen molar-refractivity contribution in [2.75, 3.05) is 31.1 Å². The molecule has 0 radical (unpaired) electrons. The van der Waals surface area contributed by atoms with Crippen LogP contribution in [0.2, 0.25) is 0 Å². The second kappa shape index (κ2) is 6.78. The number of hydrogen-bond donors (Lipinski definition) is 1. The first-order chi connectivity index (χ1) is 13.0. The predicted molar refractivity (Wildman–Crippen MR) is 100 cm³/mol. The number of nitrogens with one attached hydrogen (secondary N) is 1. The monoisotopic (exact) mass is 387 g/mol. The van der Waals surface area contributed by atoms with Crippen LogP contribution in [0.1, 0.15) is 11.4 Å². The number of nitrogens with zero attached hydrogens (tertiary/aromatic N) is 6. The van der Waals surface area contributed by atoms with Crippen LogP contribution in [-0.2, 0) is 10.0 Å². The van der Waals surface area contributed by atoms with E-state index in [2.05, 4.69) is 25.1 Å². The van der Waals surface area contributed by atoms with Crippen LogP contribution in [0.25, 0.3) is 5.82 Å². The molecule has 1 N–H and O–H groups in total. The molecule has 3 aromatic heterocycles. The van der Waals surface area contributed by atoms with Gasteiger partial charge in [-0.15, -0.1) is 0 Å². The zero-order valence-electron chi connectivity index (χ0n) is 15.2. The standard InChI is InChI=1S/C17H21N7O2S/c1-13-17(14(2)21-20-13)27(25,26)24-9-7-23(8-10-24)16-11-15(18-12-19-16)22-5-3-4-6-22/h3-6,11-12H,7-10H2,1-2H3,(H,20,21). The predicted octanol–water partition coefficient (Wildman–Crippen LogP) is 1.12. The van der Waals surface area contributed by atoms with Crippen LogP contribution in [-0.4, -0.2) is 63.6 Å². The molecule has 0 spiro atoms. The minimum absolute atomic E-state index is 0.285. The van der Waals surface area contributed by atoms with E-state index < -0.39 is 10.0 Å². The van der Waals surface area contributed by atoms with Crippen molar-refractivity contribution in [1.82, 2.24) is 29.0 Å². The molecule has 9 nitrogen and oxygen atoms in total. The van der Waals surface area contributed by atoms with Crippen molar-refractivity contribution in [3.63, 3.8) is 0 Å². The van der Waals surface area contributed by atoms with Crippen LogP contribution in [0.5, 0.6) is 0 Å². The zero-order valence-corrected chi connectivity index (χ0v) is 16.0. The molecule has 10 heteroatoms. The first-order valence-electron chi connectivity index (χ1n) is 8.69. The second-order valence-electron chi connectivity index (χ2n) is 6.48. The Morgan fingerprint density at radius 3 is 2.30 bits per heavy atom. The van der Waals surface area contributed by atoms with Gasteiger partial charge in [-0.1, -0.05) is 0 Å². The van der Waals surface area contributed by atoms with E-state index in [1.165, 1.54) is 10.6 Å². The zero-order chi connectivity index (χ0) is 19.0. The number of piperazine rings is 1. The van der Waals surface area contributed by atoms with Crippen molar-refractivity contribution >= 4 is 15.8 Å². The van der Waals surface area contributed by atoms with Gasteiger partial charge in [-0.2, -0.15) is 9.40 Å². The number of H-pyrrole nitrogens is 1. The summed E-state index contributed by atoms with van der Waals surface area (Å²) in [5.41, 5.74) is 1.07. The Hall–Kier alpha value is -2.72. The summed E-state index contributed by atoms with van der Waals surface area (Å²) in [5, 5.41) is 6.76. The summed E-state index contributed by atoms with van der Waals surface area (Å²) < 4.78 is 29.4. The Labute approximate surface area is 157 Å². The summed E-state index contributed by atoms with van der Waals surface area (Å²) in [6.07, 6.45) is 5.38. The number of rotatable bonds is 4. The summed E-state index contributed by atoms with van der Waals surface area (Å²) in [5.74, 6) is 1.58. The molecule has 0 atom stereocenters. The van der Waals surface area contributed by atoms with Gasteiger partial charge in [0.05, 0.1) is 11.4 Å². The molecule has 0 aliphatic carbocycles. The molecule has 0 saturated carbocycles. The molecule has 0 amide bonds. The Morgan fingerprint density at radius 2 is 1.67 bits per heavy atom. The van der Waals surface area contributed by atoms with Crippen LogP contribution < -0.4 is 4.90 Å². The Kier molecular flexibility index (Phi) is 4.44. The third-order valence-electron chi connectivity index (χ3n) is 4.73. The molecule has 4 heterocycles. The third-order valence-corrected chi connectivity index (χ3v) is 6.89. The largest absolute Gasteiger partial charge is 0.354 e. The minimum Gasteiger partial charge on any atom is -0.354 e. The van der Waals surface area contributed by atoms with E-state index >= 15 is 0 Å². The highest BCUT2D eigenvalue weighted by atomic mass is 32.2. The number of anilines is 1. The van der Waals surface area contributed by atoms with E-state index in [0.717, 1.165) is 11.6 Å². The Bertz CT molecular complexity index is 1020. The van der Waals surface area contributed by atoms with Crippen LogP contribution >= 0.6 is 0 Å². The maximum absolute atomic E-state index is 13.0. The smallest absolute Gasteiger partial charge is 0.246 e. The number of hydrogen-bond acceptors (Lipinski definition) is 6. The van der Waals surface area contributed by atoms with Gasteiger partial charge >= 0.3 is 0 Å². The molecule has 1 fully saturated rings. The maximum atomic E-state index is 13.0. The van der Waals surface area contributed by atoms with Crippen molar-refractivity contribution in [3.05, 3.63) is 48.3 Å². The van der Waals surface area contributed by atoms with Crippen LogP contribution in [0.3, 0.4) is 0 Å². The quantitative estimate of drug-likeness (QED) is 0.720. The SMILES string of the molecule is Cc1n[nH]c(C)c1S(=O)(=O)N1CCN(c2cc(-n3cccc3)ncn2)CC1. The average molecular weight is 387 g/mol. The summed E-state index contributed by atoms with van der Waals surface area (Å²) in [4.78, 5) is 11.0. The second-order valence-corrected chi connectivity index (χ2v) is 8.35. The van der Waals surface area contributed by atoms with Crippen LogP contribution in [0.15, 0.2) is 41.8 Å². The first-order valence-corrected chi connectivity index (χ1v) is 10.1. The van der Waals surface area contributed by atoms with Crippen LogP contribution in [0.4, 0.5) is 5.82 Å². The van der Waals surface area contributed by atoms with E-state index in [-0.39, 0.29) is 4.90 Å². The van der Waals surface area contributed by atoms with Crippen molar-refractivity contribution in [2.45, 2.75) is 18.7 Å². The molecule has 1 aliphatic rings. The minimum atomic E-state index is -3.55. The lowest BCUT2D eigenvalue weighted by molar-refractivity contribution is 0.383. The normalized spacial score (nSPS) is 16.0. The fourth-order valence-electron chi connectivity index (χ4n) is 3.35. The topological polar surface area (TPSA) is 100 Å². The van der Waals surface area contributed by atoms with Gasteiger partial charge in [-0.05, 0) is 26.0 Å². The Balaban J connectivity index is 1.51. The van der Waals surface area contributed by atoms with Crippen molar-refractivity contribution < 1.29 is 8.42 Å². The van der Waals surface area contributed by atoms with Gasteiger partial charge in [-0.25, -0.2) is 18.4 Å². The highest BCUT2D eigenvalue weighted by Crippen LogP contribution is 2.24. The van der Waals surface area contributed by atoms with Gasteiger partial charge in [0.2, 0.25) is 10.0 Å². The van der Waals surface area contributed by atoms with Gasteiger partial charge in [0.1, 0.15) is 22.9 Å². The van der Waals surface area contributed by atoms with Gasteiger partial charge in [0.15, 0.2) is 0 Å². The molecular formula is C17H21N7O2S. The Morgan fingerprint density at radius 1 is 1.00 bits per heavy atom. The fourth-order valence-corrected chi connectivity index (χ4v) is 5.10. The lowest BCUT2D eigenvalue weighted by Crippen LogP contribution is -2.49. The lowest BCUT2D eigenvalue weighted by atomic mass is 10.3. The van der Waals surface area contributed by atoms with E-state index in [4.69, 9.17) is 0 Å². The lowest BCUT2D eigenvalue weighted by Gasteiger charge is -2.34. The van der Waals surface area contributed by atoms with Crippen molar-refractivity contribution in [1.29, 1.82) is 0 Å². The highest BCUT2D eigenvalue weighted by Gasteiger charge is 2.32. The number of sulfonamides is 1. The molecule has 142 valence electrons. The summed E-state index contributed by atoms with van der Waals surface area (Å²) in [6, 6.07) is 5.78. The number of aromatic amines is 1. The highest BCUT2D eigenvalue weighted by molar-refractivity contribution is 7.89. The van der Waals surface area contributed by atoms with Crippen molar-refractivity contribution in [2.24, 2.45) is 0 Å². The maximum Gasteiger partial charge on any atom is 0.246 e. The molecule has 1 saturated heterocycles. The number of aryl methyl sites for hydroxylation is 2. The van der Waals surface area contributed by atoms with E-state index in [9.17, 15) is 8.42 Å². The van der Waals surface area contributed by atoms with Crippen molar-refractivity contribution in [3.8, 4) is 5.82 Å².